The maximum Gasteiger partial charge on any atom is 0.252 e. The van der Waals surface area contributed by atoms with Gasteiger partial charge in [-0.3, -0.25) is 14.5 Å². The van der Waals surface area contributed by atoms with Gasteiger partial charge in [-0.05, 0) is 48.4 Å². The van der Waals surface area contributed by atoms with E-state index in [9.17, 15) is 9.59 Å². The second-order valence-corrected chi connectivity index (χ2v) is 6.38. The molecule has 0 spiro atoms. The number of imide groups is 1. The molecular formula is C16H18N2O2S. The molecule has 4 nitrogen and oxygen atoms in total. The van der Waals surface area contributed by atoms with Crippen LogP contribution in [0.2, 0.25) is 0 Å². The lowest BCUT2D eigenvalue weighted by Gasteiger charge is -2.21. The monoisotopic (exact) mass is 302 g/mol. The van der Waals surface area contributed by atoms with Crippen LogP contribution >= 0.6 is 11.3 Å². The van der Waals surface area contributed by atoms with Crippen molar-refractivity contribution in [2.75, 3.05) is 5.32 Å². The van der Waals surface area contributed by atoms with Crippen LogP contribution in [0.25, 0.3) is 10.1 Å². The Kier molecular flexibility index (Phi) is 3.68. The number of anilines is 1. The highest BCUT2D eigenvalue weighted by Crippen LogP contribution is 2.26. The van der Waals surface area contributed by atoms with Crippen molar-refractivity contribution in [3.8, 4) is 0 Å². The number of hydrogen-bond acceptors (Lipinski definition) is 4. The lowest BCUT2D eigenvalue weighted by molar-refractivity contribution is -0.140. The molecule has 1 aliphatic heterocycles. The van der Waals surface area contributed by atoms with Crippen molar-refractivity contribution >= 4 is 38.9 Å². The van der Waals surface area contributed by atoms with Crippen LogP contribution in [0.1, 0.15) is 26.7 Å². The summed E-state index contributed by atoms with van der Waals surface area (Å²) in [5.74, 6) is -0.191. The fourth-order valence-corrected chi connectivity index (χ4v) is 3.44. The molecule has 0 bridgehead atoms. The third kappa shape index (κ3) is 2.53. The number of carbonyl (C=O) groups is 2. The third-order valence-corrected chi connectivity index (χ3v) is 4.91. The molecule has 2 unspecified atom stereocenters. The molecule has 0 radical (unpaired) electrons. The molecule has 2 aromatic rings. The van der Waals surface area contributed by atoms with Crippen LogP contribution in [0, 0.1) is 0 Å². The summed E-state index contributed by atoms with van der Waals surface area (Å²) in [6, 6.07) is 7.60. The minimum Gasteiger partial charge on any atom is -0.373 e. The number of amides is 2. The molecule has 1 fully saturated rings. The highest BCUT2D eigenvalue weighted by molar-refractivity contribution is 7.17. The van der Waals surface area contributed by atoms with Gasteiger partial charge in [-0.15, -0.1) is 11.3 Å². The van der Waals surface area contributed by atoms with Gasteiger partial charge in [-0.2, -0.15) is 0 Å². The average molecular weight is 302 g/mol. The second kappa shape index (κ2) is 5.48. The molecule has 21 heavy (non-hydrogen) atoms. The first-order chi connectivity index (χ1) is 10.1. The number of nitrogens with one attached hydrogen (secondary N) is 1. The zero-order valence-electron chi connectivity index (χ0n) is 12.1. The Balaban J connectivity index is 1.78. The maximum absolute atomic E-state index is 12.4. The summed E-state index contributed by atoms with van der Waals surface area (Å²) in [5, 5.41) is 6.40. The van der Waals surface area contributed by atoms with Crippen molar-refractivity contribution in [3.63, 3.8) is 0 Å². The highest BCUT2D eigenvalue weighted by atomic mass is 32.1. The minimum absolute atomic E-state index is 0.0313. The molecule has 2 heterocycles. The fourth-order valence-electron chi connectivity index (χ4n) is 2.67. The molecule has 1 saturated heterocycles. The van der Waals surface area contributed by atoms with Crippen molar-refractivity contribution in [1.82, 2.24) is 4.90 Å². The summed E-state index contributed by atoms with van der Waals surface area (Å²) in [6.45, 7) is 3.89. The molecular weight excluding hydrogens is 284 g/mol. The topological polar surface area (TPSA) is 49.4 Å². The number of nitrogens with zero attached hydrogens (tertiary/aromatic N) is 1. The number of hydrogen-bond donors (Lipinski definition) is 1. The van der Waals surface area contributed by atoms with Crippen LogP contribution in [0.3, 0.4) is 0 Å². The van der Waals surface area contributed by atoms with Crippen LogP contribution in [-0.2, 0) is 9.59 Å². The van der Waals surface area contributed by atoms with Gasteiger partial charge in [0.25, 0.3) is 5.91 Å². The van der Waals surface area contributed by atoms with Gasteiger partial charge in [0.1, 0.15) is 6.04 Å². The van der Waals surface area contributed by atoms with E-state index in [1.54, 1.807) is 11.3 Å². The van der Waals surface area contributed by atoms with Gasteiger partial charge in [-0.1, -0.05) is 6.92 Å². The van der Waals surface area contributed by atoms with Crippen molar-refractivity contribution < 1.29 is 9.59 Å². The standard InChI is InChI=1S/C16H18N2O2S/c1-3-10(2)18-15(19)9-13(16(18)20)17-12-4-5-14-11(8-12)6-7-21-14/h4-8,10,13,17H,3,9H2,1-2H3. The summed E-state index contributed by atoms with van der Waals surface area (Å²) in [4.78, 5) is 25.8. The number of fused-ring (bicyclic) bond motifs is 1. The highest BCUT2D eigenvalue weighted by Gasteiger charge is 2.40. The quantitative estimate of drug-likeness (QED) is 0.882. The van der Waals surface area contributed by atoms with E-state index in [0.29, 0.717) is 0 Å². The smallest absolute Gasteiger partial charge is 0.252 e. The molecule has 1 N–H and O–H groups in total. The van der Waals surface area contributed by atoms with E-state index in [-0.39, 0.29) is 24.3 Å². The van der Waals surface area contributed by atoms with Gasteiger partial charge in [-0.25, -0.2) is 0 Å². The van der Waals surface area contributed by atoms with Crippen LogP contribution in [-0.4, -0.2) is 28.8 Å². The van der Waals surface area contributed by atoms with Gasteiger partial charge in [0, 0.05) is 16.4 Å². The molecule has 0 aliphatic carbocycles. The van der Waals surface area contributed by atoms with Crippen LogP contribution in [0.15, 0.2) is 29.6 Å². The number of likely N-dealkylation sites (tertiary alicyclic amines) is 1. The zero-order chi connectivity index (χ0) is 15.0. The fraction of sp³-hybridized carbons (Fsp3) is 0.375. The Morgan fingerprint density at radius 1 is 1.38 bits per heavy atom. The summed E-state index contributed by atoms with van der Waals surface area (Å²) >= 11 is 1.69. The Bertz CT molecular complexity index is 694. The van der Waals surface area contributed by atoms with E-state index in [4.69, 9.17) is 0 Å². The van der Waals surface area contributed by atoms with Gasteiger partial charge in [0.2, 0.25) is 5.91 Å². The van der Waals surface area contributed by atoms with E-state index in [2.05, 4.69) is 11.4 Å². The van der Waals surface area contributed by atoms with Crippen LogP contribution in [0.5, 0.6) is 0 Å². The summed E-state index contributed by atoms with van der Waals surface area (Å²) in [7, 11) is 0. The normalized spacial score (nSPS) is 20.3. The SMILES string of the molecule is CCC(C)N1C(=O)CC(Nc2ccc3sccc3c2)C1=O. The van der Waals surface area contributed by atoms with Crippen molar-refractivity contribution in [1.29, 1.82) is 0 Å². The van der Waals surface area contributed by atoms with Crippen molar-refractivity contribution in [2.45, 2.75) is 38.8 Å². The van der Waals surface area contributed by atoms with E-state index >= 15 is 0 Å². The molecule has 2 atom stereocenters. The Hall–Kier alpha value is -1.88. The first-order valence-corrected chi connectivity index (χ1v) is 8.08. The Labute approximate surface area is 127 Å². The molecule has 1 aromatic heterocycles. The molecule has 1 aromatic carbocycles. The minimum atomic E-state index is -0.442. The number of benzene rings is 1. The van der Waals surface area contributed by atoms with Gasteiger partial charge in [0.15, 0.2) is 0 Å². The van der Waals surface area contributed by atoms with Gasteiger partial charge < -0.3 is 5.32 Å². The predicted octanol–water partition coefficient (Wildman–Crippen LogP) is 3.24. The first-order valence-electron chi connectivity index (χ1n) is 7.20. The molecule has 0 saturated carbocycles. The maximum atomic E-state index is 12.4. The molecule has 3 rings (SSSR count). The summed E-state index contributed by atoms with van der Waals surface area (Å²) < 4.78 is 1.22. The van der Waals surface area contributed by atoms with Crippen molar-refractivity contribution in [2.24, 2.45) is 0 Å². The molecule has 2 amide bonds. The van der Waals surface area contributed by atoms with Crippen LogP contribution < -0.4 is 5.32 Å². The lowest BCUT2D eigenvalue weighted by Crippen LogP contribution is -2.40. The number of rotatable bonds is 4. The summed E-state index contributed by atoms with van der Waals surface area (Å²) in [5.41, 5.74) is 0.887. The lowest BCUT2D eigenvalue weighted by atomic mass is 10.2. The van der Waals surface area contributed by atoms with E-state index in [0.717, 1.165) is 17.5 Å². The molecule has 5 heteroatoms. The van der Waals surface area contributed by atoms with E-state index < -0.39 is 6.04 Å². The number of carbonyl (C=O) groups excluding carboxylic acids is 2. The summed E-state index contributed by atoms with van der Waals surface area (Å²) in [6.07, 6.45) is 1.02. The Morgan fingerprint density at radius 2 is 2.19 bits per heavy atom. The van der Waals surface area contributed by atoms with Gasteiger partial charge in [0.05, 0.1) is 6.42 Å². The average Bonchev–Trinajstić information content (AvgIpc) is 3.03. The van der Waals surface area contributed by atoms with E-state index in [1.165, 1.54) is 9.60 Å². The second-order valence-electron chi connectivity index (χ2n) is 5.43. The largest absolute Gasteiger partial charge is 0.373 e. The molecule has 1 aliphatic rings. The third-order valence-electron chi connectivity index (χ3n) is 4.01. The molecule has 110 valence electrons. The van der Waals surface area contributed by atoms with E-state index in [1.807, 2.05) is 37.4 Å². The number of thiophene rings is 1. The zero-order valence-corrected chi connectivity index (χ0v) is 12.9. The van der Waals surface area contributed by atoms with Crippen molar-refractivity contribution in [3.05, 3.63) is 29.6 Å². The Morgan fingerprint density at radius 3 is 2.95 bits per heavy atom. The first kappa shape index (κ1) is 14.1. The van der Waals surface area contributed by atoms with Crippen LogP contribution in [0.4, 0.5) is 5.69 Å². The van der Waals surface area contributed by atoms with Gasteiger partial charge >= 0.3 is 0 Å². The predicted molar refractivity (Wildman–Crippen MR) is 85.5 cm³/mol.